The van der Waals surface area contributed by atoms with Gasteiger partial charge in [-0.1, -0.05) is 24.3 Å². The lowest BCUT2D eigenvalue weighted by Crippen LogP contribution is -2.39. The molecule has 1 aromatic rings. The van der Waals surface area contributed by atoms with Crippen LogP contribution in [-0.2, 0) is 23.8 Å². The van der Waals surface area contributed by atoms with Gasteiger partial charge in [0.25, 0.3) is 0 Å². The van der Waals surface area contributed by atoms with Crippen LogP contribution in [0.3, 0.4) is 0 Å². The number of nitrogens with zero attached hydrogens (tertiary/aromatic N) is 2. The van der Waals surface area contributed by atoms with Gasteiger partial charge in [0.15, 0.2) is 23.8 Å². The van der Waals surface area contributed by atoms with E-state index in [4.69, 9.17) is 0 Å². The second-order valence-electron chi connectivity index (χ2n) is 7.46. The lowest BCUT2D eigenvalue weighted by molar-refractivity contribution is 0.509. The number of hydrogen-bond donors (Lipinski definition) is 0. The van der Waals surface area contributed by atoms with Crippen LogP contribution in [0.5, 0.6) is 0 Å². The first-order valence-corrected chi connectivity index (χ1v) is 12.6. The highest BCUT2D eigenvalue weighted by Crippen LogP contribution is 2.36. The average Bonchev–Trinajstić information content (AvgIpc) is 3.23. The fraction of sp³-hybridized carbons (Fsp3) is 0.611. The van der Waals surface area contributed by atoms with Crippen molar-refractivity contribution < 1.29 is 16.8 Å². The number of aliphatic imine (C=N–C) groups is 1. The number of hydrogen-bond acceptors (Lipinski definition) is 6. The summed E-state index contributed by atoms with van der Waals surface area (Å²) >= 11 is 0. The Balaban J connectivity index is 1.83. The van der Waals surface area contributed by atoms with Gasteiger partial charge in [-0.3, -0.25) is 4.99 Å². The van der Waals surface area contributed by atoms with E-state index < -0.39 is 23.8 Å². The maximum absolute atomic E-state index is 12.2. The SMILES string of the molecule is CC(c1ccc(C2CN=C(N3CCCC3)C2)cc1)(S(C)(=O)=O)S(C)(=O)=O. The van der Waals surface area contributed by atoms with Gasteiger partial charge in [-0.25, -0.2) is 16.8 Å². The minimum Gasteiger partial charge on any atom is -0.360 e. The fourth-order valence-electron chi connectivity index (χ4n) is 3.75. The van der Waals surface area contributed by atoms with E-state index in [0.717, 1.165) is 50.0 Å². The van der Waals surface area contributed by atoms with E-state index >= 15 is 0 Å². The maximum Gasteiger partial charge on any atom is 0.194 e. The quantitative estimate of drug-likeness (QED) is 0.774. The summed E-state index contributed by atoms with van der Waals surface area (Å²) in [5.41, 5.74) is 1.35. The van der Waals surface area contributed by atoms with E-state index in [2.05, 4.69) is 9.89 Å². The molecular weight excluding hydrogens is 372 g/mol. The van der Waals surface area contributed by atoms with Crippen molar-refractivity contribution in [3.8, 4) is 0 Å². The van der Waals surface area contributed by atoms with Gasteiger partial charge >= 0.3 is 0 Å². The van der Waals surface area contributed by atoms with Crippen molar-refractivity contribution >= 4 is 25.5 Å². The Bertz CT molecular complexity index is 880. The Morgan fingerprint density at radius 1 is 1.00 bits per heavy atom. The molecule has 0 bridgehead atoms. The number of rotatable bonds is 4. The molecule has 1 aromatic carbocycles. The standard InChI is InChI=1S/C18H26N2O4S2/c1-18(25(2,21)22,26(3,23)24)16-8-6-14(7-9-16)15-12-17(19-13-15)20-10-4-5-11-20/h6-9,15H,4-5,10-13H2,1-3H3. The Morgan fingerprint density at radius 3 is 2.04 bits per heavy atom. The molecule has 1 atom stereocenters. The number of likely N-dealkylation sites (tertiary alicyclic amines) is 1. The van der Waals surface area contributed by atoms with Crippen LogP contribution in [0.1, 0.15) is 43.2 Å². The Labute approximate surface area is 156 Å². The third-order valence-electron chi connectivity index (χ3n) is 5.72. The molecule has 2 aliphatic heterocycles. The second-order valence-corrected chi connectivity index (χ2v) is 12.4. The van der Waals surface area contributed by atoms with E-state index in [-0.39, 0.29) is 11.5 Å². The molecule has 2 heterocycles. The van der Waals surface area contributed by atoms with Crippen molar-refractivity contribution in [2.75, 3.05) is 32.1 Å². The third kappa shape index (κ3) is 3.29. The first-order chi connectivity index (χ1) is 12.0. The summed E-state index contributed by atoms with van der Waals surface area (Å²) in [5, 5.41) is 0. The van der Waals surface area contributed by atoms with Crippen LogP contribution in [0.2, 0.25) is 0 Å². The highest BCUT2D eigenvalue weighted by Gasteiger charge is 2.47. The first kappa shape index (κ1) is 19.4. The predicted molar refractivity (Wildman–Crippen MR) is 104 cm³/mol. The molecule has 2 aliphatic rings. The number of benzene rings is 1. The molecule has 0 amide bonds. The average molecular weight is 399 g/mol. The number of sulfone groups is 2. The lowest BCUT2D eigenvalue weighted by Gasteiger charge is -2.26. The molecule has 0 radical (unpaired) electrons. The second kappa shape index (κ2) is 6.64. The largest absolute Gasteiger partial charge is 0.360 e. The minimum atomic E-state index is -3.84. The zero-order valence-electron chi connectivity index (χ0n) is 15.5. The molecule has 8 heteroatoms. The molecule has 0 aliphatic carbocycles. The van der Waals surface area contributed by atoms with Crippen molar-refractivity contribution in [2.45, 2.75) is 36.2 Å². The van der Waals surface area contributed by atoms with Gasteiger partial charge in [0.1, 0.15) is 0 Å². The Hall–Kier alpha value is -1.41. The van der Waals surface area contributed by atoms with Crippen LogP contribution in [-0.4, -0.2) is 59.7 Å². The van der Waals surface area contributed by atoms with Gasteiger partial charge in [-0.2, -0.15) is 0 Å². The van der Waals surface area contributed by atoms with E-state index in [1.807, 2.05) is 12.1 Å². The normalized spacial score (nSPS) is 21.9. The third-order valence-corrected chi connectivity index (χ3v) is 10.8. The summed E-state index contributed by atoms with van der Waals surface area (Å²) in [5.74, 6) is 1.43. The first-order valence-electron chi connectivity index (χ1n) is 8.82. The summed E-state index contributed by atoms with van der Waals surface area (Å²) < 4.78 is 47.0. The van der Waals surface area contributed by atoms with Crippen molar-refractivity contribution in [1.29, 1.82) is 0 Å². The summed E-state index contributed by atoms with van der Waals surface area (Å²) in [4.78, 5) is 7.02. The van der Waals surface area contributed by atoms with Crippen molar-refractivity contribution in [3.63, 3.8) is 0 Å². The van der Waals surface area contributed by atoms with Gasteiger partial charge in [-0.15, -0.1) is 0 Å². The van der Waals surface area contributed by atoms with Gasteiger partial charge in [-0.05, 0) is 30.9 Å². The van der Waals surface area contributed by atoms with Gasteiger partial charge in [0, 0.05) is 44.5 Å². The monoisotopic (exact) mass is 398 g/mol. The highest BCUT2D eigenvalue weighted by molar-refractivity contribution is 8.08. The molecule has 26 heavy (non-hydrogen) atoms. The van der Waals surface area contributed by atoms with Crippen LogP contribution < -0.4 is 0 Å². The summed E-state index contributed by atoms with van der Waals surface area (Å²) in [6.07, 6.45) is 5.25. The van der Waals surface area contributed by atoms with E-state index in [0.29, 0.717) is 0 Å². The highest BCUT2D eigenvalue weighted by atomic mass is 32.3. The molecule has 3 rings (SSSR count). The Morgan fingerprint density at radius 2 is 1.54 bits per heavy atom. The lowest BCUT2D eigenvalue weighted by atomic mass is 9.95. The zero-order valence-corrected chi connectivity index (χ0v) is 17.1. The molecule has 1 fully saturated rings. The van der Waals surface area contributed by atoms with Gasteiger partial charge in [0.2, 0.25) is 0 Å². The van der Waals surface area contributed by atoms with Crippen molar-refractivity contribution in [1.82, 2.24) is 4.90 Å². The fourth-order valence-corrected chi connectivity index (χ4v) is 7.08. The molecule has 6 nitrogen and oxygen atoms in total. The van der Waals surface area contributed by atoms with Crippen LogP contribution in [0.15, 0.2) is 29.3 Å². The minimum absolute atomic E-state index is 0.266. The number of amidine groups is 1. The maximum atomic E-state index is 12.2. The Kier molecular flexibility index (Phi) is 4.94. The summed E-state index contributed by atoms with van der Waals surface area (Å²) in [6, 6.07) is 6.95. The molecule has 0 spiro atoms. The summed E-state index contributed by atoms with van der Waals surface area (Å²) in [7, 11) is -7.69. The van der Waals surface area contributed by atoms with E-state index in [1.165, 1.54) is 19.8 Å². The van der Waals surface area contributed by atoms with Gasteiger partial charge in [0.05, 0.1) is 5.84 Å². The molecule has 144 valence electrons. The van der Waals surface area contributed by atoms with Gasteiger partial charge < -0.3 is 4.90 Å². The smallest absolute Gasteiger partial charge is 0.194 e. The van der Waals surface area contributed by atoms with Crippen LogP contribution in [0.25, 0.3) is 0 Å². The molecule has 0 saturated carbocycles. The predicted octanol–water partition coefficient (Wildman–Crippen LogP) is 1.93. The molecule has 1 saturated heterocycles. The topological polar surface area (TPSA) is 83.9 Å². The van der Waals surface area contributed by atoms with Crippen molar-refractivity contribution in [2.24, 2.45) is 4.99 Å². The van der Waals surface area contributed by atoms with E-state index in [1.54, 1.807) is 12.1 Å². The zero-order chi connectivity index (χ0) is 19.2. The van der Waals surface area contributed by atoms with Crippen LogP contribution in [0, 0.1) is 0 Å². The molecule has 0 N–H and O–H groups in total. The van der Waals surface area contributed by atoms with Crippen LogP contribution >= 0.6 is 0 Å². The molecule has 0 aromatic heterocycles. The van der Waals surface area contributed by atoms with Crippen molar-refractivity contribution in [3.05, 3.63) is 35.4 Å². The molecule has 1 unspecified atom stereocenters. The molecular formula is C18H26N2O4S2. The van der Waals surface area contributed by atoms with Crippen LogP contribution in [0.4, 0.5) is 0 Å². The summed E-state index contributed by atoms with van der Waals surface area (Å²) in [6.45, 7) is 4.13. The van der Waals surface area contributed by atoms with E-state index in [9.17, 15) is 16.8 Å².